The van der Waals surface area contributed by atoms with Crippen molar-refractivity contribution in [3.05, 3.63) is 48.3 Å². The molecule has 5 heteroatoms. The molecule has 5 nitrogen and oxygen atoms in total. The summed E-state index contributed by atoms with van der Waals surface area (Å²) in [4.78, 5) is 11.4. The van der Waals surface area contributed by atoms with Gasteiger partial charge in [0.2, 0.25) is 5.91 Å². The highest BCUT2D eigenvalue weighted by molar-refractivity contribution is 5.75. The average Bonchev–Trinajstić information content (AvgIpc) is 2.99. The molecule has 0 aliphatic heterocycles. The van der Waals surface area contributed by atoms with Gasteiger partial charge >= 0.3 is 0 Å². The van der Waals surface area contributed by atoms with Gasteiger partial charge in [-0.05, 0) is 24.6 Å². The van der Waals surface area contributed by atoms with Crippen molar-refractivity contribution in [3.63, 3.8) is 0 Å². The first-order chi connectivity index (χ1) is 10.3. The van der Waals surface area contributed by atoms with E-state index in [0.717, 1.165) is 24.3 Å². The molecule has 112 valence electrons. The number of aromatic nitrogens is 2. The van der Waals surface area contributed by atoms with Gasteiger partial charge in [-0.2, -0.15) is 5.10 Å². The van der Waals surface area contributed by atoms with Crippen LogP contribution >= 0.6 is 0 Å². The average molecular weight is 286 g/mol. The highest BCUT2D eigenvalue weighted by Crippen LogP contribution is 2.06. The Morgan fingerprint density at radius 2 is 2.00 bits per heavy atom. The summed E-state index contributed by atoms with van der Waals surface area (Å²) >= 11 is 0. The van der Waals surface area contributed by atoms with E-state index in [0.29, 0.717) is 19.5 Å². The second kappa shape index (κ2) is 8.21. The lowest BCUT2D eigenvalue weighted by molar-refractivity contribution is -0.120. The van der Waals surface area contributed by atoms with Crippen LogP contribution in [-0.4, -0.2) is 28.8 Å². The van der Waals surface area contributed by atoms with Crippen molar-refractivity contribution in [2.45, 2.75) is 26.3 Å². The lowest BCUT2D eigenvalue weighted by Gasteiger charge is -2.04. The molecule has 1 aromatic carbocycles. The maximum atomic E-state index is 11.4. The van der Waals surface area contributed by atoms with E-state index in [2.05, 4.69) is 15.7 Å². The minimum absolute atomic E-state index is 0.0964. The number of benzene rings is 1. The summed E-state index contributed by atoms with van der Waals surface area (Å²) < 4.78 is 1.85. The number of amides is 1. The van der Waals surface area contributed by atoms with Crippen molar-refractivity contribution < 1.29 is 4.79 Å². The van der Waals surface area contributed by atoms with Crippen molar-refractivity contribution in [1.29, 1.82) is 0 Å². The first kappa shape index (κ1) is 15.3. The first-order valence-electron chi connectivity index (χ1n) is 7.37. The summed E-state index contributed by atoms with van der Waals surface area (Å²) in [5.41, 5.74) is 2.01. The van der Waals surface area contributed by atoms with Crippen LogP contribution in [0.1, 0.15) is 25.5 Å². The number of rotatable bonds is 8. The van der Waals surface area contributed by atoms with Gasteiger partial charge in [-0.1, -0.05) is 25.1 Å². The van der Waals surface area contributed by atoms with Crippen molar-refractivity contribution in [2.24, 2.45) is 0 Å². The molecular weight excluding hydrogens is 264 g/mol. The summed E-state index contributed by atoms with van der Waals surface area (Å²) in [6, 6.07) is 12.0. The predicted molar refractivity (Wildman–Crippen MR) is 83.2 cm³/mol. The fraction of sp³-hybridized carbons (Fsp3) is 0.375. The second-order valence-corrected chi connectivity index (χ2v) is 4.86. The summed E-state index contributed by atoms with van der Waals surface area (Å²) in [5.74, 6) is 0.0964. The van der Waals surface area contributed by atoms with Crippen LogP contribution in [0.25, 0.3) is 5.69 Å². The third kappa shape index (κ3) is 5.04. The highest BCUT2D eigenvalue weighted by atomic mass is 16.1. The van der Waals surface area contributed by atoms with Gasteiger partial charge in [-0.25, -0.2) is 4.68 Å². The lowest BCUT2D eigenvalue weighted by atomic mass is 10.3. The van der Waals surface area contributed by atoms with E-state index in [4.69, 9.17) is 0 Å². The molecule has 0 saturated carbocycles. The number of hydrogen-bond acceptors (Lipinski definition) is 3. The zero-order chi connectivity index (χ0) is 14.9. The number of nitrogens with zero attached hydrogens (tertiary/aromatic N) is 2. The molecule has 21 heavy (non-hydrogen) atoms. The van der Waals surface area contributed by atoms with E-state index in [-0.39, 0.29) is 5.91 Å². The fourth-order valence-corrected chi connectivity index (χ4v) is 1.95. The maximum absolute atomic E-state index is 11.4. The number of nitrogens with one attached hydrogen (secondary N) is 2. The van der Waals surface area contributed by atoms with Crippen LogP contribution in [0.2, 0.25) is 0 Å². The minimum atomic E-state index is 0.0964. The molecule has 0 radical (unpaired) electrons. The topological polar surface area (TPSA) is 59.0 Å². The van der Waals surface area contributed by atoms with Crippen LogP contribution in [0.15, 0.2) is 42.6 Å². The summed E-state index contributed by atoms with van der Waals surface area (Å²) in [6.07, 6.45) is 3.41. The Labute approximate surface area is 125 Å². The number of para-hydroxylation sites is 1. The number of hydrogen-bond donors (Lipinski definition) is 2. The van der Waals surface area contributed by atoms with Gasteiger partial charge in [-0.3, -0.25) is 4.79 Å². The second-order valence-electron chi connectivity index (χ2n) is 4.86. The Balaban J connectivity index is 1.72. The van der Waals surface area contributed by atoms with Gasteiger partial charge in [0, 0.05) is 32.3 Å². The predicted octanol–water partition coefficient (Wildman–Crippen LogP) is 1.88. The molecule has 0 bridgehead atoms. The molecule has 0 aliphatic rings. The van der Waals surface area contributed by atoms with Crippen molar-refractivity contribution in [1.82, 2.24) is 20.4 Å². The Morgan fingerprint density at radius 1 is 1.19 bits per heavy atom. The van der Waals surface area contributed by atoms with E-state index >= 15 is 0 Å². The molecular formula is C16H22N4O. The van der Waals surface area contributed by atoms with Crippen LogP contribution in [0.4, 0.5) is 0 Å². The third-order valence-corrected chi connectivity index (χ3v) is 3.07. The molecule has 1 aromatic heterocycles. The smallest absolute Gasteiger partial charge is 0.221 e. The molecule has 2 rings (SSSR count). The maximum Gasteiger partial charge on any atom is 0.221 e. The van der Waals surface area contributed by atoms with Crippen molar-refractivity contribution in [2.75, 3.05) is 13.1 Å². The number of carbonyl (C=O) groups is 1. The molecule has 2 aromatic rings. The summed E-state index contributed by atoms with van der Waals surface area (Å²) in [7, 11) is 0. The minimum Gasteiger partial charge on any atom is -0.356 e. The molecule has 0 aliphatic carbocycles. The highest BCUT2D eigenvalue weighted by Gasteiger charge is 2.02. The van der Waals surface area contributed by atoms with E-state index in [1.54, 1.807) is 0 Å². The van der Waals surface area contributed by atoms with Crippen LogP contribution in [0.3, 0.4) is 0 Å². The lowest BCUT2D eigenvalue weighted by Crippen LogP contribution is -2.28. The molecule has 1 heterocycles. The van der Waals surface area contributed by atoms with Crippen molar-refractivity contribution in [3.8, 4) is 5.69 Å². The van der Waals surface area contributed by atoms with Gasteiger partial charge in [0.15, 0.2) is 0 Å². The summed E-state index contributed by atoms with van der Waals surface area (Å²) in [6.45, 7) is 4.12. The zero-order valence-electron chi connectivity index (χ0n) is 12.4. The van der Waals surface area contributed by atoms with E-state index < -0.39 is 0 Å². The third-order valence-electron chi connectivity index (χ3n) is 3.07. The van der Waals surface area contributed by atoms with Crippen LogP contribution in [0.5, 0.6) is 0 Å². The molecule has 2 N–H and O–H groups in total. The van der Waals surface area contributed by atoms with Gasteiger partial charge < -0.3 is 10.6 Å². The van der Waals surface area contributed by atoms with Gasteiger partial charge in [0.05, 0.1) is 11.4 Å². The van der Waals surface area contributed by atoms with Gasteiger partial charge in [-0.15, -0.1) is 0 Å². The Kier molecular flexibility index (Phi) is 5.97. The molecule has 0 spiro atoms. The van der Waals surface area contributed by atoms with Crippen LogP contribution < -0.4 is 10.6 Å². The quantitative estimate of drug-likeness (QED) is 0.728. The largest absolute Gasteiger partial charge is 0.356 e. The Bertz CT molecular complexity index is 550. The standard InChI is InChI=1S/C16H22N4O/c1-2-10-18-16(21)8-11-17-13-14-9-12-20(19-14)15-6-4-3-5-7-15/h3-7,9,12,17H,2,8,10-11,13H2,1H3,(H,18,21). The van der Waals surface area contributed by atoms with Crippen LogP contribution in [0, 0.1) is 0 Å². The molecule has 1 amide bonds. The Morgan fingerprint density at radius 3 is 2.76 bits per heavy atom. The van der Waals surface area contributed by atoms with Gasteiger partial charge in [0.1, 0.15) is 0 Å². The van der Waals surface area contributed by atoms with Crippen LogP contribution in [-0.2, 0) is 11.3 Å². The zero-order valence-corrected chi connectivity index (χ0v) is 12.4. The Hall–Kier alpha value is -2.14. The van der Waals surface area contributed by atoms with E-state index in [1.807, 2.05) is 54.2 Å². The monoisotopic (exact) mass is 286 g/mol. The summed E-state index contributed by atoms with van der Waals surface area (Å²) in [5, 5.41) is 10.6. The molecule has 0 fully saturated rings. The van der Waals surface area contributed by atoms with Crippen molar-refractivity contribution >= 4 is 5.91 Å². The molecule has 0 unspecified atom stereocenters. The number of carbonyl (C=O) groups excluding carboxylic acids is 1. The SMILES string of the molecule is CCCNC(=O)CCNCc1ccn(-c2ccccc2)n1. The van der Waals surface area contributed by atoms with Gasteiger partial charge in [0.25, 0.3) is 0 Å². The molecule has 0 atom stereocenters. The first-order valence-corrected chi connectivity index (χ1v) is 7.37. The fourth-order valence-electron chi connectivity index (χ4n) is 1.95. The molecule has 0 saturated heterocycles. The van der Waals surface area contributed by atoms with E-state index in [9.17, 15) is 4.79 Å². The van der Waals surface area contributed by atoms with E-state index in [1.165, 1.54) is 0 Å². The normalized spacial score (nSPS) is 10.5.